The topological polar surface area (TPSA) is 99.1 Å². The molecule has 1 aromatic carbocycles. The number of carbonyl (C=O) groups excluding carboxylic acids is 1. The highest BCUT2D eigenvalue weighted by Gasteiger charge is 2.21. The minimum Gasteiger partial charge on any atom is -0.397 e. The first kappa shape index (κ1) is 15.1. The lowest BCUT2D eigenvalue weighted by Gasteiger charge is -2.02. The SMILES string of the molecule is CC(=O)c1cc2c(N)c(-c3ccccc3[N+](=O)[O-])sc2nc1C. The number of hydrogen-bond donors (Lipinski definition) is 1. The van der Waals surface area contributed by atoms with Gasteiger partial charge in [-0.3, -0.25) is 14.9 Å². The van der Waals surface area contributed by atoms with Crippen LogP contribution in [-0.2, 0) is 0 Å². The highest BCUT2D eigenvalue weighted by Crippen LogP contribution is 2.43. The molecule has 0 fully saturated rings. The number of aromatic nitrogens is 1. The minimum absolute atomic E-state index is 0.00531. The number of nitrogen functional groups attached to an aromatic ring is 1. The number of rotatable bonds is 3. The van der Waals surface area contributed by atoms with Gasteiger partial charge in [-0.05, 0) is 26.0 Å². The van der Waals surface area contributed by atoms with Crippen LogP contribution in [0.3, 0.4) is 0 Å². The summed E-state index contributed by atoms with van der Waals surface area (Å²) >= 11 is 1.29. The summed E-state index contributed by atoms with van der Waals surface area (Å²) in [5, 5.41) is 11.9. The monoisotopic (exact) mass is 327 g/mol. The van der Waals surface area contributed by atoms with Gasteiger partial charge in [0.15, 0.2) is 5.78 Å². The Hall–Kier alpha value is -2.80. The molecular weight excluding hydrogens is 314 g/mol. The number of nitrogens with two attached hydrogens (primary N) is 1. The van der Waals surface area contributed by atoms with Gasteiger partial charge in [-0.25, -0.2) is 4.98 Å². The smallest absolute Gasteiger partial charge is 0.278 e. The fraction of sp³-hybridized carbons (Fsp3) is 0.125. The van der Waals surface area contributed by atoms with Gasteiger partial charge in [-0.15, -0.1) is 11.3 Å². The molecule has 23 heavy (non-hydrogen) atoms. The first-order valence-electron chi connectivity index (χ1n) is 6.84. The maximum atomic E-state index is 11.7. The number of carbonyl (C=O) groups is 1. The zero-order valence-electron chi connectivity index (χ0n) is 12.5. The van der Waals surface area contributed by atoms with Crippen LogP contribution in [0.4, 0.5) is 11.4 Å². The summed E-state index contributed by atoms with van der Waals surface area (Å²) in [6, 6.07) is 8.16. The summed E-state index contributed by atoms with van der Waals surface area (Å²) in [6.45, 7) is 3.23. The lowest BCUT2D eigenvalue weighted by Crippen LogP contribution is -1.98. The summed E-state index contributed by atoms with van der Waals surface area (Å²) in [6.07, 6.45) is 0. The molecule has 3 aromatic rings. The molecule has 7 heteroatoms. The predicted octanol–water partition coefficient (Wildman–Crippen LogP) is 3.96. The molecule has 116 valence electrons. The molecule has 0 unspecified atom stereocenters. The van der Waals surface area contributed by atoms with Gasteiger partial charge >= 0.3 is 0 Å². The number of thiophene rings is 1. The van der Waals surface area contributed by atoms with E-state index in [2.05, 4.69) is 4.98 Å². The fourth-order valence-electron chi connectivity index (χ4n) is 2.51. The molecule has 0 bridgehead atoms. The number of nitrogens with zero attached hydrogens (tertiary/aromatic N) is 2. The molecule has 2 heterocycles. The molecule has 0 aliphatic heterocycles. The van der Waals surface area contributed by atoms with Gasteiger partial charge in [0.25, 0.3) is 5.69 Å². The molecule has 6 nitrogen and oxygen atoms in total. The lowest BCUT2D eigenvalue weighted by atomic mass is 10.1. The van der Waals surface area contributed by atoms with Crippen molar-refractivity contribution in [2.75, 3.05) is 5.73 Å². The number of ketones is 1. The minimum atomic E-state index is -0.432. The van der Waals surface area contributed by atoms with Crippen LogP contribution in [-0.4, -0.2) is 15.7 Å². The number of anilines is 1. The van der Waals surface area contributed by atoms with Crippen LogP contribution in [0.1, 0.15) is 23.0 Å². The zero-order valence-corrected chi connectivity index (χ0v) is 13.3. The number of aryl methyl sites for hydroxylation is 1. The molecule has 0 spiro atoms. The standard InChI is InChI=1S/C16H13N3O3S/c1-8-11(9(2)20)7-12-14(17)15(23-16(12)18-8)10-5-3-4-6-13(10)19(21)22/h3-7H,17H2,1-2H3. The zero-order chi connectivity index (χ0) is 16.7. The van der Waals surface area contributed by atoms with Crippen molar-refractivity contribution in [2.45, 2.75) is 13.8 Å². The first-order valence-corrected chi connectivity index (χ1v) is 7.66. The molecule has 0 radical (unpaired) electrons. The van der Waals surface area contributed by atoms with Crippen LogP contribution in [0.5, 0.6) is 0 Å². The van der Waals surface area contributed by atoms with Crippen LogP contribution in [0.15, 0.2) is 30.3 Å². The van der Waals surface area contributed by atoms with E-state index in [1.165, 1.54) is 24.3 Å². The van der Waals surface area contributed by atoms with E-state index >= 15 is 0 Å². The van der Waals surface area contributed by atoms with Gasteiger partial charge in [0.1, 0.15) is 4.83 Å². The van der Waals surface area contributed by atoms with Crippen LogP contribution >= 0.6 is 11.3 Å². The average Bonchev–Trinajstić information content (AvgIpc) is 2.82. The molecule has 0 aliphatic rings. The van der Waals surface area contributed by atoms with Crippen LogP contribution < -0.4 is 5.73 Å². The second-order valence-electron chi connectivity index (χ2n) is 5.15. The van der Waals surface area contributed by atoms with Crippen molar-refractivity contribution in [1.82, 2.24) is 4.98 Å². The van der Waals surface area contributed by atoms with E-state index in [4.69, 9.17) is 5.73 Å². The molecule has 0 atom stereocenters. The van der Waals surface area contributed by atoms with Crippen LogP contribution in [0.25, 0.3) is 20.7 Å². The van der Waals surface area contributed by atoms with Crippen molar-refractivity contribution < 1.29 is 9.72 Å². The number of nitro benzene ring substituents is 1. The first-order chi connectivity index (χ1) is 10.9. The van der Waals surface area contributed by atoms with Crippen LogP contribution in [0.2, 0.25) is 0 Å². The van der Waals surface area contributed by atoms with Gasteiger partial charge in [0.05, 0.1) is 21.1 Å². The summed E-state index contributed by atoms with van der Waals surface area (Å²) in [4.78, 5) is 28.2. The Labute approximate surface area is 135 Å². The molecule has 2 N–H and O–H groups in total. The Bertz CT molecular complexity index is 963. The Balaban J connectivity index is 2.31. The predicted molar refractivity (Wildman–Crippen MR) is 90.9 cm³/mol. The highest BCUT2D eigenvalue weighted by atomic mass is 32.1. The Morgan fingerprint density at radius 2 is 2.04 bits per heavy atom. The maximum absolute atomic E-state index is 11.7. The number of benzene rings is 1. The molecule has 2 aromatic heterocycles. The fourth-order valence-corrected chi connectivity index (χ4v) is 3.67. The van der Waals surface area contributed by atoms with Crippen molar-refractivity contribution in [1.29, 1.82) is 0 Å². The van der Waals surface area contributed by atoms with Crippen molar-refractivity contribution in [3.8, 4) is 10.4 Å². The number of pyridine rings is 1. The van der Waals surface area contributed by atoms with E-state index in [0.29, 0.717) is 37.6 Å². The third-order valence-corrected chi connectivity index (χ3v) is 4.78. The normalized spacial score (nSPS) is 10.9. The molecule has 0 saturated carbocycles. The molecule has 0 amide bonds. The highest BCUT2D eigenvalue weighted by molar-refractivity contribution is 7.22. The number of hydrogen-bond acceptors (Lipinski definition) is 6. The van der Waals surface area contributed by atoms with Crippen LogP contribution in [0, 0.1) is 17.0 Å². The van der Waals surface area contributed by atoms with Crippen molar-refractivity contribution in [3.05, 3.63) is 51.7 Å². The second kappa shape index (κ2) is 5.44. The third kappa shape index (κ3) is 2.44. The Kier molecular flexibility index (Phi) is 3.57. The van der Waals surface area contributed by atoms with E-state index in [0.717, 1.165) is 0 Å². The third-order valence-electron chi connectivity index (χ3n) is 3.64. The van der Waals surface area contributed by atoms with Gasteiger partial charge < -0.3 is 5.73 Å². The lowest BCUT2D eigenvalue weighted by molar-refractivity contribution is -0.384. The second-order valence-corrected chi connectivity index (χ2v) is 6.15. The molecular formula is C16H13N3O3S. The summed E-state index contributed by atoms with van der Waals surface area (Å²) < 4.78 is 0. The number of Topliss-reactive ketones (excluding diaryl/α,β-unsaturated/α-hetero) is 1. The van der Waals surface area contributed by atoms with E-state index < -0.39 is 4.92 Å². The largest absolute Gasteiger partial charge is 0.397 e. The summed E-state index contributed by atoms with van der Waals surface area (Å²) in [7, 11) is 0. The van der Waals surface area contributed by atoms with E-state index in [-0.39, 0.29) is 11.5 Å². The Morgan fingerprint density at radius 1 is 1.35 bits per heavy atom. The van der Waals surface area contributed by atoms with Gasteiger partial charge in [-0.2, -0.15) is 0 Å². The van der Waals surface area contributed by atoms with E-state index in [1.54, 1.807) is 31.2 Å². The van der Waals surface area contributed by atoms with Gasteiger partial charge in [-0.1, -0.05) is 12.1 Å². The maximum Gasteiger partial charge on any atom is 0.278 e. The Morgan fingerprint density at radius 3 is 2.70 bits per heavy atom. The summed E-state index contributed by atoms with van der Waals surface area (Å²) in [5.74, 6) is -0.0882. The summed E-state index contributed by atoms with van der Waals surface area (Å²) in [5.41, 5.74) is 8.20. The number of nitro groups is 1. The molecule has 0 aliphatic carbocycles. The van der Waals surface area contributed by atoms with Crippen molar-refractivity contribution in [2.24, 2.45) is 0 Å². The van der Waals surface area contributed by atoms with Crippen molar-refractivity contribution >= 4 is 38.7 Å². The van der Waals surface area contributed by atoms with E-state index in [9.17, 15) is 14.9 Å². The average molecular weight is 327 g/mol. The molecule has 3 rings (SSSR count). The number of fused-ring (bicyclic) bond motifs is 1. The van der Waals surface area contributed by atoms with Gasteiger partial charge in [0, 0.05) is 22.7 Å². The quantitative estimate of drug-likeness (QED) is 0.446. The van der Waals surface area contributed by atoms with Gasteiger partial charge in [0.2, 0.25) is 0 Å². The van der Waals surface area contributed by atoms with Crippen molar-refractivity contribution in [3.63, 3.8) is 0 Å². The van der Waals surface area contributed by atoms with E-state index in [1.807, 2.05) is 0 Å². The number of para-hydroxylation sites is 1. The molecule has 0 saturated heterocycles.